The first-order valence-corrected chi connectivity index (χ1v) is 5.34. The van der Waals surface area contributed by atoms with Crippen molar-refractivity contribution in [3.63, 3.8) is 0 Å². The Balaban J connectivity index is 2.19. The topological polar surface area (TPSA) is 45.0 Å². The number of ether oxygens (including phenoxy) is 1. The van der Waals surface area contributed by atoms with Crippen molar-refractivity contribution in [3.8, 4) is 6.07 Å². The van der Waals surface area contributed by atoms with E-state index >= 15 is 0 Å². The maximum Gasteiger partial charge on any atom is 0.0666 e. The molecule has 1 saturated heterocycles. The van der Waals surface area contributed by atoms with Gasteiger partial charge >= 0.3 is 0 Å². The van der Waals surface area contributed by atoms with Gasteiger partial charge in [-0.2, -0.15) is 5.26 Å². The quantitative estimate of drug-likeness (QED) is 0.742. The van der Waals surface area contributed by atoms with E-state index in [9.17, 15) is 0 Å². The fraction of sp³-hybridized carbons (Fsp3) is 0.909. The molecule has 0 aromatic rings. The minimum atomic E-state index is 0.110. The summed E-state index contributed by atoms with van der Waals surface area (Å²) in [5, 5.41) is 12.0. The molecule has 0 aromatic carbocycles. The first kappa shape index (κ1) is 11.5. The van der Waals surface area contributed by atoms with Gasteiger partial charge in [0.15, 0.2) is 0 Å². The summed E-state index contributed by atoms with van der Waals surface area (Å²) < 4.78 is 5.33. The van der Waals surface area contributed by atoms with Gasteiger partial charge in [-0.15, -0.1) is 0 Å². The summed E-state index contributed by atoms with van der Waals surface area (Å²) in [6.45, 7) is 7.80. The Morgan fingerprint density at radius 2 is 2.14 bits per heavy atom. The summed E-state index contributed by atoms with van der Waals surface area (Å²) in [6.07, 6.45) is 2.25. The van der Waals surface area contributed by atoms with E-state index in [0.717, 1.165) is 39.1 Å². The number of nitrogens with one attached hydrogen (secondary N) is 1. The van der Waals surface area contributed by atoms with Gasteiger partial charge in [-0.3, -0.25) is 0 Å². The Labute approximate surface area is 86.4 Å². The van der Waals surface area contributed by atoms with E-state index in [1.54, 1.807) is 0 Å². The Morgan fingerprint density at radius 1 is 1.50 bits per heavy atom. The summed E-state index contributed by atoms with van der Waals surface area (Å²) in [5.74, 6) is 0.110. The molecule has 0 bridgehead atoms. The third-order valence-corrected chi connectivity index (χ3v) is 2.92. The molecule has 0 spiro atoms. The molecular formula is C11H20N2O. The van der Waals surface area contributed by atoms with Crippen LogP contribution in [0.3, 0.4) is 0 Å². The number of rotatable bonds is 4. The highest BCUT2D eigenvalue weighted by Crippen LogP contribution is 2.28. The van der Waals surface area contributed by atoms with Crippen LogP contribution in [0.25, 0.3) is 0 Å². The molecule has 1 fully saturated rings. The number of nitrogens with zero attached hydrogens (tertiary/aromatic N) is 1. The summed E-state index contributed by atoms with van der Waals surface area (Å²) in [6, 6.07) is 2.23. The molecule has 80 valence electrons. The lowest BCUT2D eigenvalue weighted by Crippen LogP contribution is -2.38. The lowest BCUT2D eigenvalue weighted by Gasteiger charge is -2.33. The molecule has 1 atom stereocenters. The van der Waals surface area contributed by atoms with Crippen molar-refractivity contribution >= 4 is 0 Å². The van der Waals surface area contributed by atoms with Crippen molar-refractivity contribution in [3.05, 3.63) is 0 Å². The van der Waals surface area contributed by atoms with Crippen molar-refractivity contribution in [2.45, 2.75) is 26.7 Å². The first-order valence-electron chi connectivity index (χ1n) is 5.34. The van der Waals surface area contributed by atoms with E-state index in [2.05, 4.69) is 18.3 Å². The van der Waals surface area contributed by atoms with Crippen molar-refractivity contribution in [2.75, 3.05) is 26.3 Å². The van der Waals surface area contributed by atoms with Crippen LogP contribution >= 0.6 is 0 Å². The maximum absolute atomic E-state index is 8.63. The van der Waals surface area contributed by atoms with E-state index < -0.39 is 0 Å². The van der Waals surface area contributed by atoms with Crippen LogP contribution in [0.5, 0.6) is 0 Å². The van der Waals surface area contributed by atoms with E-state index in [4.69, 9.17) is 10.00 Å². The van der Waals surface area contributed by atoms with Gasteiger partial charge < -0.3 is 10.1 Å². The van der Waals surface area contributed by atoms with E-state index in [1.165, 1.54) is 0 Å². The molecule has 0 saturated carbocycles. The fourth-order valence-electron chi connectivity index (χ4n) is 1.68. The number of nitriles is 1. The Morgan fingerprint density at radius 3 is 2.71 bits per heavy atom. The van der Waals surface area contributed by atoms with Crippen LogP contribution in [0.1, 0.15) is 26.7 Å². The Hall–Kier alpha value is -0.590. The molecule has 0 aliphatic carbocycles. The second-order valence-corrected chi connectivity index (χ2v) is 4.58. The lowest BCUT2D eigenvalue weighted by atomic mass is 9.82. The minimum absolute atomic E-state index is 0.110. The zero-order valence-corrected chi connectivity index (χ0v) is 9.18. The highest BCUT2D eigenvalue weighted by atomic mass is 16.5. The van der Waals surface area contributed by atoms with Gasteiger partial charge in [0, 0.05) is 26.3 Å². The Kier molecular flexibility index (Phi) is 4.37. The third kappa shape index (κ3) is 3.65. The van der Waals surface area contributed by atoms with Crippen LogP contribution in [-0.4, -0.2) is 26.3 Å². The molecule has 0 aromatic heterocycles. The van der Waals surface area contributed by atoms with Gasteiger partial charge in [-0.05, 0) is 25.2 Å². The molecular weight excluding hydrogens is 176 g/mol. The molecule has 3 heteroatoms. The molecule has 1 unspecified atom stereocenters. The summed E-state index contributed by atoms with van der Waals surface area (Å²) in [7, 11) is 0. The van der Waals surface area contributed by atoms with Gasteiger partial charge in [0.2, 0.25) is 0 Å². The molecule has 0 amide bonds. The molecule has 1 heterocycles. The largest absolute Gasteiger partial charge is 0.381 e. The van der Waals surface area contributed by atoms with E-state index in [0.29, 0.717) is 5.41 Å². The molecule has 14 heavy (non-hydrogen) atoms. The van der Waals surface area contributed by atoms with Crippen molar-refractivity contribution in [1.29, 1.82) is 5.26 Å². The smallest absolute Gasteiger partial charge is 0.0666 e. The van der Waals surface area contributed by atoms with Gasteiger partial charge in [0.25, 0.3) is 0 Å². The van der Waals surface area contributed by atoms with Crippen LogP contribution in [0.4, 0.5) is 0 Å². The molecule has 1 aliphatic rings. The summed E-state index contributed by atoms with van der Waals surface area (Å²) >= 11 is 0. The fourth-order valence-corrected chi connectivity index (χ4v) is 1.68. The molecule has 3 nitrogen and oxygen atoms in total. The van der Waals surface area contributed by atoms with E-state index in [1.807, 2.05) is 6.92 Å². The van der Waals surface area contributed by atoms with Gasteiger partial charge in [0.05, 0.1) is 12.0 Å². The predicted molar refractivity (Wildman–Crippen MR) is 55.8 cm³/mol. The summed E-state index contributed by atoms with van der Waals surface area (Å²) in [5.41, 5.74) is 0.368. The summed E-state index contributed by atoms with van der Waals surface area (Å²) in [4.78, 5) is 0. The molecule has 0 radical (unpaired) electrons. The van der Waals surface area contributed by atoms with Crippen LogP contribution in [0, 0.1) is 22.7 Å². The van der Waals surface area contributed by atoms with Crippen LogP contribution < -0.4 is 5.32 Å². The third-order valence-electron chi connectivity index (χ3n) is 2.92. The highest BCUT2D eigenvalue weighted by molar-refractivity contribution is 4.83. The van der Waals surface area contributed by atoms with Crippen LogP contribution in [-0.2, 0) is 4.74 Å². The molecule has 1 N–H and O–H groups in total. The van der Waals surface area contributed by atoms with Crippen molar-refractivity contribution in [2.24, 2.45) is 11.3 Å². The SMILES string of the molecule is CC(C#N)CNCC1(C)CCOCC1. The molecule has 1 aliphatic heterocycles. The zero-order valence-electron chi connectivity index (χ0n) is 9.18. The van der Waals surface area contributed by atoms with E-state index in [-0.39, 0.29) is 5.92 Å². The van der Waals surface area contributed by atoms with Gasteiger partial charge in [0.1, 0.15) is 0 Å². The number of hydrogen-bond acceptors (Lipinski definition) is 3. The monoisotopic (exact) mass is 196 g/mol. The number of hydrogen-bond donors (Lipinski definition) is 1. The van der Waals surface area contributed by atoms with Gasteiger partial charge in [-0.25, -0.2) is 0 Å². The van der Waals surface area contributed by atoms with Gasteiger partial charge in [-0.1, -0.05) is 6.92 Å². The molecule has 1 rings (SSSR count). The first-order chi connectivity index (χ1) is 6.66. The van der Waals surface area contributed by atoms with Crippen LogP contribution in [0.15, 0.2) is 0 Å². The maximum atomic E-state index is 8.63. The second-order valence-electron chi connectivity index (χ2n) is 4.58. The zero-order chi connectivity index (χ0) is 10.4. The minimum Gasteiger partial charge on any atom is -0.381 e. The predicted octanol–water partition coefficient (Wildman–Crippen LogP) is 1.55. The van der Waals surface area contributed by atoms with Crippen LogP contribution in [0.2, 0.25) is 0 Å². The average Bonchev–Trinajstić information content (AvgIpc) is 2.18. The second kappa shape index (κ2) is 5.33. The average molecular weight is 196 g/mol. The van der Waals surface area contributed by atoms with Crippen molar-refractivity contribution < 1.29 is 4.74 Å². The lowest BCUT2D eigenvalue weighted by molar-refractivity contribution is 0.0240. The Bertz CT molecular complexity index is 204. The normalized spacial score (nSPS) is 22.6. The van der Waals surface area contributed by atoms with Crippen molar-refractivity contribution in [1.82, 2.24) is 5.32 Å². The standard InChI is InChI=1S/C11H20N2O/c1-10(7-12)8-13-9-11(2)3-5-14-6-4-11/h10,13H,3-6,8-9H2,1-2H3. The highest BCUT2D eigenvalue weighted by Gasteiger charge is 2.26.